The van der Waals surface area contributed by atoms with Gasteiger partial charge in [0.15, 0.2) is 11.5 Å². The lowest BCUT2D eigenvalue weighted by Gasteiger charge is -2.13. The number of nitrogen functional groups attached to an aromatic ring is 1. The molecule has 3 N–H and O–H groups in total. The number of hydrogen-bond acceptors (Lipinski definition) is 6. The molecule has 0 amide bonds. The molecule has 18 heavy (non-hydrogen) atoms. The quantitative estimate of drug-likeness (QED) is 0.588. The van der Waals surface area contributed by atoms with Crippen molar-refractivity contribution in [1.82, 2.24) is 0 Å². The molecule has 0 radical (unpaired) electrons. The Bertz CT molecular complexity index is 505. The Labute approximate surface area is 110 Å². The van der Waals surface area contributed by atoms with Crippen molar-refractivity contribution in [2.24, 2.45) is 0 Å². The second-order valence-electron chi connectivity index (χ2n) is 3.58. The van der Waals surface area contributed by atoms with Crippen LogP contribution in [0.25, 0.3) is 0 Å². The maximum absolute atomic E-state index is 10.7. The van der Waals surface area contributed by atoms with Gasteiger partial charge in [0.2, 0.25) is 9.05 Å². The second kappa shape index (κ2) is 6.12. The maximum Gasteiger partial charge on any atom is 0.235 e. The van der Waals surface area contributed by atoms with E-state index in [1.54, 1.807) is 18.2 Å². The molecule has 0 saturated heterocycles. The van der Waals surface area contributed by atoms with Crippen LogP contribution >= 0.6 is 10.7 Å². The number of hydrogen-bond donors (Lipinski definition) is 2. The number of ether oxygens (including phenoxy) is 2. The van der Waals surface area contributed by atoms with Crippen molar-refractivity contribution in [1.29, 1.82) is 0 Å². The van der Waals surface area contributed by atoms with Gasteiger partial charge in [-0.2, -0.15) is 0 Å². The molecule has 1 rings (SSSR count). The molecule has 0 bridgehead atoms. The van der Waals surface area contributed by atoms with Crippen LogP contribution in [0.1, 0.15) is 0 Å². The number of aliphatic hydroxyl groups excluding tert-OH is 1. The largest absolute Gasteiger partial charge is 0.493 e. The van der Waals surface area contributed by atoms with Crippen LogP contribution in [0.15, 0.2) is 18.2 Å². The Balaban J connectivity index is 2.63. The van der Waals surface area contributed by atoms with Crippen LogP contribution in [0.2, 0.25) is 0 Å². The van der Waals surface area contributed by atoms with Crippen molar-refractivity contribution >= 4 is 25.4 Å². The van der Waals surface area contributed by atoms with Gasteiger partial charge in [0.1, 0.15) is 12.7 Å². The van der Waals surface area contributed by atoms with Crippen LogP contribution in [0.5, 0.6) is 11.5 Å². The summed E-state index contributed by atoms with van der Waals surface area (Å²) in [5, 5.41) is 9.41. The molecule has 8 heteroatoms. The highest BCUT2D eigenvalue weighted by atomic mass is 35.7. The number of halogens is 1. The molecule has 0 aliphatic carbocycles. The Morgan fingerprint density at radius 3 is 2.67 bits per heavy atom. The summed E-state index contributed by atoms with van der Waals surface area (Å²) in [6.45, 7) is -0.216. The molecule has 0 aromatic heterocycles. The highest BCUT2D eigenvalue weighted by Gasteiger charge is 2.16. The van der Waals surface area contributed by atoms with E-state index in [4.69, 9.17) is 25.9 Å². The number of methoxy groups -OCH3 is 1. The molecule has 0 heterocycles. The average Bonchev–Trinajstić information content (AvgIpc) is 2.24. The molecule has 1 atom stereocenters. The minimum atomic E-state index is -3.76. The van der Waals surface area contributed by atoms with E-state index in [1.165, 1.54) is 7.11 Å². The van der Waals surface area contributed by atoms with Crippen LogP contribution in [0.4, 0.5) is 5.69 Å². The normalized spacial score (nSPS) is 13.1. The van der Waals surface area contributed by atoms with E-state index < -0.39 is 20.9 Å². The first-order valence-electron chi connectivity index (χ1n) is 4.98. The van der Waals surface area contributed by atoms with E-state index in [0.717, 1.165) is 0 Å². The summed E-state index contributed by atoms with van der Waals surface area (Å²) >= 11 is 0. The molecule has 0 aliphatic rings. The van der Waals surface area contributed by atoms with Crippen molar-refractivity contribution in [3.05, 3.63) is 18.2 Å². The molecular formula is C10H14ClNO5S. The predicted molar refractivity (Wildman–Crippen MR) is 68.5 cm³/mol. The van der Waals surface area contributed by atoms with Gasteiger partial charge in [-0.15, -0.1) is 0 Å². The molecule has 0 aliphatic heterocycles. The van der Waals surface area contributed by atoms with Gasteiger partial charge in [0.25, 0.3) is 0 Å². The SMILES string of the molecule is COc1cc(N)ccc1OCC(O)CS(=O)(=O)Cl. The van der Waals surface area contributed by atoms with E-state index in [9.17, 15) is 13.5 Å². The van der Waals surface area contributed by atoms with Gasteiger partial charge < -0.3 is 20.3 Å². The fourth-order valence-electron chi connectivity index (χ4n) is 1.27. The zero-order valence-electron chi connectivity index (χ0n) is 9.67. The Morgan fingerprint density at radius 1 is 1.44 bits per heavy atom. The first-order chi connectivity index (χ1) is 8.31. The fourth-order valence-corrected chi connectivity index (χ4v) is 2.26. The number of nitrogens with two attached hydrogens (primary N) is 1. The van der Waals surface area contributed by atoms with Crippen molar-refractivity contribution in [3.8, 4) is 11.5 Å². The van der Waals surface area contributed by atoms with Gasteiger partial charge in [0.05, 0.1) is 12.9 Å². The van der Waals surface area contributed by atoms with Crippen LogP contribution in [0, 0.1) is 0 Å². The van der Waals surface area contributed by atoms with Crippen molar-refractivity contribution in [2.75, 3.05) is 25.2 Å². The summed E-state index contributed by atoms with van der Waals surface area (Å²) in [4.78, 5) is 0. The van der Waals surface area contributed by atoms with E-state index in [2.05, 4.69) is 0 Å². The summed E-state index contributed by atoms with van der Waals surface area (Å²) < 4.78 is 31.7. The third-order valence-corrected chi connectivity index (χ3v) is 3.17. The van der Waals surface area contributed by atoms with Crippen LogP contribution in [0.3, 0.4) is 0 Å². The Hall–Kier alpha value is -1.18. The zero-order chi connectivity index (χ0) is 13.8. The standard InChI is InChI=1S/C10H14ClNO5S/c1-16-10-4-7(12)2-3-9(10)17-5-8(13)6-18(11,14)15/h2-4,8,13H,5-6,12H2,1H3. The number of anilines is 1. The first kappa shape index (κ1) is 14.9. The average molecular weight is 296 g/mol. The van der Waals surface area contributed by atoms with Gasteiger partial charge in [-0.05, 0) is 12.1 Å². The first-order valence-corrected chi connectivity index (χ1v) is 7.46. The van der Waals surface area contributed by atoms with Gasteiger partial charge in [-0.25, -0.2) is 8.42 Å². The number of rotatable bonds is 6. The molecule has 1 aromatic carbocycles. The van der Waals surface area contributed by atoms with Gasteiger partial charge in [0, 0.05) is 22.4 Å². The van der Waals surface area contributed by atoms with E-state index >= 15 is 0 Å². The lowest BCUT2D eigenvalue weighted by Crippen LogP contribution is -2.24. The maximum atomic E-state index is 10.7. The lowest BCUT2D eigenvalue weighted by molar-refractivity contribution is 0.123. The van der Waals surface area contributed by atoms with Crippen LogP contribution < -0.4 is 15.2 Å². The summed E-state index contributed by atoms with van der Waals surface area (Å²) in [7, 11) is 2.69. The number of aliphatic hydroxyl groups is 1. The lowest BCUT2D eigenvalue weighted by atomic mass is 10.3. The van der Waals surface area contributed by atoms with Crippen molar-refractivity contribution in [3.63, 3.8) is 0 Å². The monoisotopic (exact) mass is 295 g/mol. The van der Waals surface area contributed by atoms with E-state index in [-0.39, 0.29) is 6.61 Å². The number of benzene rings is 1. The Morgan fingerprint density at radius 2 is 2.11 bits per heavy atom. The van der Waals surface area contributed by atoms with E-state index in [1.807, 2.05) is 0 Å². The second-order valence-corrected chi connectivity index (χ2v) is 6.40. The molecular weight excluding hydrogens is 282 g/mol. The van der Waals surface area contributed by atoms with Gasteiger partial charge >= 0.3 is 0 Å². The smallest absolute Gasteiger partial charge is 0.235 e. The van der Waals surface area contributed by atoms with Crippen LogP contribution in [-0.4, -0.2) is 39.1 Å². The summed E-state index contributed by atoms with van der Waals surface area (Å²) in [6, 6.07) is 4.72. The summed E-state index contributed by atoms with van der Waals surface area (Å²) in [5.41, 5.74) is 6.06. The Kier molecular flexibility index (Phi) is 5.06. The fraction of sp³-hybridized carbons (Fsp3) is 0.400. The predicted octanol–water partition coefficient (Wildman–Crippen LogP) is 0.586. The molecule has 1 unspecified atom stereocenters. The topological polar surface area (TPSA) is 98.8 Å². The van der Waals surface area contributed by atoms with E-state index in [0.29, 0.717) is 17.2 Å². The molecule has 1 aromatic rings. The minimum absolute atomic E-state index is 0.216. The van der Waals surface area contributed by atoms with Gasteiger partial charge in [-0.3, -0.25) is 0 Å². The third kappa shape index (κ3) is 4.99. The zero-order valence-corrected chi connectivity index (χ0v) is 11.2. The van der Waals surface area contributed by atoms with Crippen molar-refractivity contribution in [2.45, 2.75) is 6.10 Å². The summed E-state index contributed by atoms with van der Waals surface area (Å²) in [5.74, 6) is 0.180. The van der Waals surface area contributed by atoms with Crippen LogP contribution in [-0.2, 0) is 9.05 Å². The molecule has 6 nitrogen and oxygen atoms in total. The minimum Gasteiger partial charge on any atom is -0.493 e. The third-order valence-electron chi connectivity index (χ3n) is 2.01. The van der Waals surface area contributed by atoms with Crippen molar-refractivity contribution < 1.29 is 23.0 Å². The highest BCUT2D eigenvalue weighted by Crippen LogP contribution is 2.29. The highest BCUT2D eigenvalue weighted by molar-refractivity contribution is 8.13. The summed E-state index contributed by atoms with van der Waals surface area (Å²) in [6.07, 6.45) is -1.21. The molecule has 102 valence electrons. The van der Waals surface area contributed by atoms with Gasteiger partial charge in [-0.1, -0.05) is 0 Å². The molecule has 0 spiro atoms. The molecule has 0 fully saturated rings. The molecule has 0 saturated carbocycles.